The smallest absolute Gasteiger partial charge is 0.410 e. The number of hydrogen-bond donors (Lipinski definition) is 0. The van der Waals surface area contributed by atoms with E-state index in [-0.39, 0.29) is 6.09 Å². The number of carbonyl (C=O) groups is 1. The third kappa shape index (κ3) is 3.69. The lowest BCUT2D eigenvalue weighted by molar-refractivity contribution is 0.0988. The third-order valence-corrected chi connectivity index (χ3v) is 5.35. The molecule has 4 heteroatoms. The Balaban J connectivity index is 1.32. The quantitative estimate of drug-likeness (QED) is 0.856. The molecule has 1 amide bonds. The molecule has 0 aliphatic carbocycles. The molecule has 2 aromatic carbocycles. The zero-order valence-corrected chi connectivity index (χ0v) is 14.4. The molecule has 4 rings (SSSR count). The highest BCUT2D eigenvalue weighted by Gasteiger charge is 2.43. The van der Waals surface area contributed by atoms with Gasteiger partial charge >= 0.3 is 6.09 Å². The summed E-state index contributed by atoms with van der Waals surface area (Å²) >= 11 is 0. The molecule has 2 atom stereocenters. The number of rotatable bonds is 4. The molecule has 0 bridgehead atoms. The average molecular weight is 336 g/mol. The molecule has 130 valence electrons. The lowest BCUT2D eigenvalue weighted by Crippen LogP contribution is -2.37. The Hall–Kier alpha value is -2.33. The van der Waals surface area contributed by atoms with Gasteiger partial charge in [0.2, 0.25) is 0 Å². The summed E-state index contributed by atoms with van der Waals surface area (Å²) in [5.74, 6) is 0.577. The summed E-state index contributed by atoms with van der Waals surface area (Å²) in [7, 11) is 0. The van der Waals surface area contributed by atoms with Crippen molar-refractivity contribution >= 4 is 6.09 Å². The van der Waals surface area contributed by atoms with Crippen molar-refractivity contribution in [3.05, 3.63) is 71.8 Å². The first kappa shape index (κ1) is 16.2. The zero-order valence-electron chi connectivity index (χ0n) is 14.4. The molecule has 2 aliphatic rings. The SMILES string of the molecule is O=C(OCc1ccccc1)N1CC2CCN(Cc3ccccc3)C2C1. The van der Waals surface area contributed by atoms with Crippen LogP contribution in [0.3, 0.4) is 0 Å². The first-order valence-corrected chi connectivity index (χ1v) is 9.03. The molecule has 2 saturated heterocycles. The van der Waals surface area contributed by atoms with Crippen LogP contribution in [0.5, 0.6) is 0 Å². The van der Waals surface area contributed by atoms with Gasteiger partial charge in [-0.3, -0.25) is 4.90 Å². The maximum Gasteiger partial charge on any atom is 0.410 e. The Bertz CT molecular complexity index is 704. The van der Waals surface area contributed by atoms with Crippen LogP contribution < -0.4 is 0 Å². The van der Waals surface area contributed by atoms with Crippen molar-refractivity contribution < 1.29 is 9.53 Å². The first-order valence-electron chi connectivity index (χ1n) is 9.03. The van der Waals surface area contributed by atoms with E-state index < -0.39 is 0 Å². The number of hydrogen-bond acceptors (Lipinski definition) is 3. The first-order chi connectivity index (χ1) is 12.3. The van der Waals surface area contributed by atoms with Crippen LogP contribution in [0.25, 0.3) is 0 Å². The lowest BCUT2D eigenvalue weighted by Gasteiger charge is -2.24. The van der Waals surface area contributed by atoms with E-state index in [1.807, 2.05) is 35.2 Å². The van der Waals surface area contributed by atoms with Crippen molar-refractivity contribution in [2.24, 2.45) is 5.92 Å². The van der Waals surface area contributed by atoms with Crippen molar-refractivity contribution in [1.82, 2.24) is 9.80 Å². The van der Waals surface area contributed by atoms with Gasteiger partial charge in [-0.05, 0) is 30.0 Å². The number of nitrogens with zero attached hydrogens (tertiary/aromatic N) is 2. The van der Waals surface area contributed by atoms with Gasteiger partial charge in [0.15, 0.2) is 0 Å². The van der Waals surface area contributed by atoms with Crippen LogP contribution >= 0.6 is 0 Å². The van der Waals surface area contributed by atoms with E-state index in [0.29, 0.717) is 18.6 Å². The second kappa shape index (κ2) is 7.28. The van der Waals surface area contributed by atoms with E-state index in [1.54, 1.807) is 0 Å². The summed E-state index contributed by atoms with van der Waals surface area (Å²) in [5.41, 5.74) is 2.37. The normalized spacial score (nSPS) is 22.8. The summed E-state index contributed by atoms with van der Waals surface area (Å²) in [5, 5.41) is 0. The zero-order chi connectivity index (χ0) is 17.1. The lowest BCUT2D eigenvalue weighted by atomic mass is 10.0. The van der Waals surface area contributed by atoms with Crippen LogP contribution in [-0.4, -0.2) is 41.6 Å². The molecule has 0 spiro atoms. The topological polar surface area (TPSA) is 32.8 Å². The highest BCUT2D eigenvalue weighted by Crippen LogP contribution is 2.32. The van der Waals surface area contributed by atoms with Crippen LogP contribution in [0, 0.1) is 5.92 Å². The van der Waals surface area contributed by atoms with Crippen molar-refractivity contribution in [2.45, 2.75) is 25.6 Å². The number of ether oxygens (including phenoxy) is 1. The molecule has 25 heavy (non-hydrogen) atoms. The molecule has 2 aromatic rings. The van der Waals surface area contributed by atoms with Gasteiger partial charge in [0.1, 0.15) is 6.61 Å². The molecule has 0 aromatic heterocycles. The summed E-state index contributed by atoms with van der Waals surface area (Å²) in [6.45, 7) is 4.04. The van der Waals surface area contributed by atoms with Gasteiger partial charge in [-0.2, -0.15) is 0 Å². The molecule has 0 N–H and O–H groups in total. The van der Waals surface area contributed by atoms with Gasteiger partial charge in [-0.25, -0.2) is 4.79 Å². The Labute approximate surface area is 149 Å². The van der Waals surface area contributed by atoms with Crippen molar-refractivity contribution in [2.75, 3.05) is 19.6 Å². The Morgan fingerprint density at radius 3 is 2.36 bits per heavy atom. The maximum absolute atomic E-state index is 12.4. The van der Waals surface area contributed by atoms with E-state index in [2.05, 4.69) is 35.2 Å². The van der Waals surface area contributed by atoms with Crippen LogP contribution in [0.1, 0.15) is 17.5 Å². The van der Waals surface area contributed by atoms with Crippen molar-refractivity contribution in [3.63, 3.8) is 0 Å². The highest BCUT2D eigenvalue weighted by molar-refractivity contribution is 5.68. The summed E-state index contributed by atoms with van der Waals surface area (Å²) < 4.78 is 5.50. The summed E-state index contributed by atoms with van der Waals surface area (Å²) in [6, 6.07) is 20.9. The van der Waals surface area contributed by atoms with Crippen LogP contribution in [0.2, 0.25) is 0 Å². The third-order valence-electron chi connectivity index (χ3n) is 5.35. The summed E-state index contributed by atoms with van der Waals surface area (Å²) in [4.78, 5) is 16.8. The average Bonchev–Trinajstić information content (AvgIpc) is 3.24. The molecule has 0 radical (unpaired) electrons. The molecule has 2 unspecified atom stereocenters. The molecule has 2 heterocycles. The molecule has 4 nitrogen and oxygen atoms in total. The predicted octanol–water partition coefficient (Wildman–Crippen LogP) is 3.53. The number of carbonyl (C=O) groups excluding carboxylic acids is 1. The van der Waals surface area contributed by atoms with Gasteiger partial charge in [0, 0.05) is 25.7 Å². The molecule has 2 aliphatic heterocycles. The Kier molecular flexibility index (Phi) is 4.70. The number of amides is 1. The molecular formula is C21H24N2O2. The maximum atomic E-state index is 12.4. The van der Waals surface area contributed by atoms with E-state index >= 15 is 0 Å². The largest absolute Gasteiger partial charge is 0.445 e. The minimum absolute atomic E-state index is 0.182. The van der Waals surface area contributed by atoms with Crippen LogP contribution in [-0.2, 0) is 17.9 Å². The van der Waals surface area contributed by atoms with E-state index in [0.717, 1.165) is 31.7 Å². The molecule has 2 fully saturated rings. The van der Waals surface area contributed by atoms with Gasteiger partial charge in [0.25, 0.3) is 0 Å². The van der Waals surface area contributed by atoms with Gasteiger partial charge < -0.3 is 9.64 Å². The summed E-state index contributed by atoms with van der Waals surface area (Å²) in [6.07, 6.45) is 0.984. The van der Waals surface area contributed by atoms with Crippen LogP contribution in [0.4, 0.5) is 4.79 Å². The van der Waals surface area contributed by atoms with Gasteiger partial charge in [0.05, 0.1) is 0 Å². The number of likely N-dealkylation sites (tertiary alicyclic amines) is 2. The highest BCUT2D eigenvalue weighted by atomic mass is 16.6. The number of benzene rings is 2. The van der Waals surface area contributed by atoms with Gasteiger partial charge in [-0.15, -0.1) is 0 Å². The molecular weight excluding hydrogens is 312 g/mol. The van der Waals surface area contributed by atoms with Gasteiger partial charge in [-0.1, -0.05) is 60.7 Å². The van der Waals surface area contributed by atoms with E-state index in [4.69, 9.17) is 4.74 Å². The van der Waals surface area contributed by atoms with E-state index in [9.17, 15) is 4.79 Å². The Morgan fingerprint density at radius 1 is 0.960 bits per heavy atom. The van der Waals surface area contributed by atoms with Crippen molar-refractivity contribution in [3.8, 4) is 0 Å². The standard InChI is InChI=1S/C21H24N2O2/c24-21(25-16-18-9-5-2-6-10-18)23-14-19-11-12-22(20(19)15-23)13-17-7-3-1-4-8-17/h1-10,19-20H,11-16H2. The Morgan fingerprint density at radius 2 is 1.64 bits per heavy atom. The minimum atomic E-state index is -0.182. The monoisotopic (exact) mass is 336 g/mol. The second-order valence-corrected chi connectivity index (χ2v) is 7.02. The predicted molar refractivity (Wildman–Crippen MR) is 96.9 cm³/mol. The molecule has 0 saturated carbocycles. The van der Waals surface area contributed by atoms with E-state index in [1.165, 1.54) is 12.0 Å². The fraction of sp³-hybridized carbons (Fsp3) is 0.381. The minimum Gasteiger partial charge on any atom is -0.445 e. The fourth-order valence-corrected chi connectivity index (χ4v) is 4.02. The van der Waals surface area contributed by atoms with Crippen LogP contribution in [0.15, 0.2) is 60.7 Å². The number of fused-ring (bicyclic) bond motifs is 1. The fourth-order valence-electron chi connectivity index (χ4n) is 4.02. The second-order valence-electron chi connectivity index (χ2n) is 7.02. The van der Waals surface area contributed by atoms with Crippen molar-refractivity contribution in [1.29, 1.82) is 0 Å².